The maximum Gasteiger partial charge on any atom is 0.303 e. The van der Waals surface area contributed by atoms with E-state index < -0.39 is 11.9 Å². The average Bonchev–Trinajstić information content (AvgIpc) is 2.30. The predicted octanol–water partition coefficient (Wildman–Crippen LogP) is 2.04. The van der Waals surface area contributed by atoms with Gasteiger partial charge in [-0.3, -0.25) is 9.59 Å². The second-order valence-electron chi connectivity index (χ2n) is 4.50. The van der Waals surface area contributed by atoms with Gasteiger partial charge in [-0.05, 0) is 49.9 Å². The highest BCUT2D eigenvalue weighted by Gasteiger charge is 2.09. The Morgan fingerprint density at radius 3 is 2.26 bits per heavy atom. The molecule has 0 saturated heterocycles. The molecule has 0 unspecified atom stereocenters. The third kappa shape index (κ3) is 4.62. The number of carbonyl (C=O) groups is 2. The van der Waals surface area contributed by atoms with Gasteiger partial charge in [-0.1, -0.05) is 0 Å². The molecule has 1 rings (SSSR count). The van der Waals surface area contributed by atoms with Crippen molar-refractivity contribution in [3.8, 4) is 5.75 Å². The Balaban J connectivity index is 2.59. The molecule has 1 amide bonds. The summed E-state index contributed by atoms with van der Waals surface area (Å²) in [6, 6.07) is 3.39. The summed E-state index contributed by atoms with van der Waals surface area (Å²) in [7, 11) is 0. The number of nitrogens with two attached hydrogens (primary N) is 1. The second-order valence-corrected chi connectivity index (χ2v) is 4.50. The van der Waals surface area contributed by atoms with Crippen molar-refractivity contribution < 1.29 is 19.4 Å². The molecule has 0 spiro atoms. The van der Waals surface area contributed by atoms with Crippen molar-refractivity contribution in [3.63, 3.8) is 0 Å². The van der Waals surface area contributed by atoms with Crippen LogP contribution in [0.15, 0.2) is 12.1 Å². The van der Waals surface area contributed by atoms with Gasteiger partial charge in [0, 0.05) is 12.0 Å². The Kier molecular flexibility index (Phi) is 5.36. The molecule has 0 saturated carbocycles. The second kappa shape index (κ2) is 6.78. The van der Waals surface area contributed by atoms with E-state index in [1.165, 1.54) is 0 Å². The molecule has 3 N–H and O–H groups in total. The summed E-state index contributed by atoms with van der Waals surface area (Å²) >= 11 is 0. The zero-order valence-electron chi connectivity index (χ0n) is 11.2. The summed E-state index contributed by atoms with van der Waals surface area (Å²) in [6.45, 7) is 4.17. The topological polar surface area (TPSA) is 89.6 Å². The maximum atomic E-state index is 11.1. The molecule has 0 radical (unpaired) electrons. The Morgan fingerprint density at radius 1 is 1.21 bits per heavy atom. The maximum absolute atomic E-state index is 11.1. The molecule has 5 heteroatoms. The lowest BCUT2D eigenvalue weighted by molar-refractivity contribution is -0.137. The van der Waals surface area contributed by atoms with Gasteiger partial charge in [0.15, 0.2) is 0 Å². The van der Waals surface area contributed by atoms with Crippen LogP contribution in [0, 0.1) is 13.8 Å². The molecule has 0 aliphatic rings. The van der Waals surface area contributed by atoms with Gasteiger partial charge in [-0.2, -0.15) is 0 Å². The Bertz CT molecular complexity index is 459. The van der Waals surface area contributed by atoms with Crippen molar-refractivity contribution in [3.05, 3.63) is 28.8 Å². The number of hydrogen-bond donors (Lipinski definition) is 2. The normalized spacial score (nSPS) is 10.2. The Morgan fingerprint density at radius 2 is 1.79 bits per heavy atom. The number of benzene rings is 1. The van der Waals surface area contributed by atoms with E-state index >= 15 is 0 Å². The first kappa shape index (κ1) is 15.0. The van der Waals surface area contributed by atoms with Crippen LogP contribution in [-0.4, -0.2) is 23.6 Å². The van der Waals surface area contributed by atoms with Crippen LogP contribution >= 0.6 is 0 Å². The third-order valence-electron chi connectivity index (χ3n) is 2.78. The Labute approximate surface area is 112 Å². The summed E-state index contributed by atoms with van der Waals surface area (Å²) in [5, 5.41) is 8.52. The minimum Gasteiger partial charge on any atom is -0.493 e. The third-order valence-corrected chi connectivity index (χ3v) is 2.78. The van der Waals surface area contributed by atoms with E-state index in [0.29, 0.717) is 25.0 Å². The van der Waals surface area contributed by atoms with Crippen LogP contribution in [0.3, 0.4) is 0 Å². The number of primary amides is 1. The van der Waals surface area contributed by atoms with Crippen LogP contribution in [0.5, 0.6) is 5.75 Å². The summed E-state index contributed by atoms with van der Waals surface area (Å²) in [4.78, 5) is 21.5. The number of aliphatic carboxylic acids is 1. The monoisotopic (exact) mass is 265 g/mol. The molecule has 1 aromatic rings. The summed E-state index contributed by atoms with van der Waals surface area (Å²) in [5.74, 6) is -0.516. The molecule has 0 atom stereocenters. The van der Waals surface area contributed by atoms with Crippen LogP contribution in [0.4, 0.5) is 0 Å². The SMILES string of the molecule is Cc1cc(C(N)=O)cc(C)c1OCCCCC(=O)O. The number of amides is 1. The summed E-state index contributed by atoms with van der Waals surface area (Å²) in [5.41, 5.74) is 7.41. The van der Waals surface area contributed by atoms with Crippen molar-refractivity contribution in [1.82, 2.24) is 0 Å². The van der Waals surface area contributed by atoms with Gasteiger partial charge in [0.05, 0.1) is 6.61 Å². The first-order valence-electron chi connectivity index (χ1n) is 6.17. The number of hydrogen-bond acceptors (Lipinski definition) is 3. The van der Waals surface area contributed by atoms with Crippen LogP contribution in [0.1, 0.15) is 40.7 Å². The van der Waals surface area contributed by atoms with E-state index in [1.807, 2.05) is 13.8 Å². The molecule has 0 fully saturated rings. The molecular weight excluding hydrogens is 246 g/mol. The number of aryl methyl sites for hydroxylation is 2. The summed E-state index contributed by atoms with van der Waals surface area (Å²) < 4.78 is 5.64. The minimum absolute atomic E-state index is 0.155. The van der Waals surface area contributed by atoms with Gasteiger partial charge < -0.3 is 15.6 Å². The lowest BCUT2D eigenvalue weighted by Crippen LogP contribution is -2.12. The fourth-order valence-electron chi connectivity index (χ4n) is 1.87. The number of ether oxygens (including phenoxy) is 1. The summed E-state index contributed by atoms with van der Waals surface area (Å²) in [6.07, 6.45) is 1.43. The molecule has 5 nitrogen and oxygen atoms in total. The largest absolute Gasteiger partial charge is 0.493 e. The fourth-order valence-corrected chi connectivity index (χ4v) is 1.87. The van der Waals surface area contributed by atoms with E-state index in [2.05, 4.69) is 0 Å². The Hall–Kier alpha value is -2.04. The quantitative estimate of drug-likeness (QED) is 0.738. The highest BCUT2D eigenvalue weighted by atomic mass is 16.5. The standard InChI is InChI=1S/C14H19NO4/c1-9-7-11(14(15)18)8-10(2)13(9)19-6-4-3-5-12(16)17/h7-8H,3-6H2,1-2H3,(H2,15,18)(H,16,17). The predicted molar refractivity (Wildman–Crippen MR) is 71.4 cm³/mol. The van der Waals surface area contributed by atoms with Crippen molar-refractivity contribution in [2.75, 3.05) is 6.61 Å². The lowest BCUT2D eigenvalue weighted by Gasteiger charge is -2.13. The molecule has 0 aliphatic carbocycles. The number of carboxylic acid groups (broad SMARTS) is 1. The van der Waals surface area contributed by atoms with Crippen LogP contribution < -0.4 is 10.5 Å². The first-order valence-corrected chi connectivity index (χ1v) is 6.17. The van der Waals surface area contributed by atoms with Crippen molar-refractivity contribution in [2.45, 2.75) is 33.1 Å². The number of carbonyl (C=O) groups excluding carboxylic acids is 1. The van der Waals surface area contributed by atoms with Gasteiger partial charge in [-0.15, -0.1) is 0 Å². The van der Waals surface area contributed by atoms with Gasteiger partial charge in [-0.25, -0.2) is 0 Å². The first-order chi connectivity index (χ1) is 8.91. The zero-order chi connectivity index (χ0) is 14.4. The van der Waals surface area contributed by atoms with E-state index in [-0.39, 0.29) is 6.42 Å². The van der Waals surface area contributed by atoms with Crippen molar-refractivity contribution in [1.29, 1.82) is 0 Å². The van der Waals surface area contributed by atoms with Crippen LogP contribution in [-0.2, 0) is 4.79 Å². The van der Waals surface area contributed by atoms with Crippen LogP contribution in [0.2, 0.25) is 0 Å². The molecule has 19 heavy (non-hydrogen) atoms. The highest BCUT2D eigenvalue weighted by Crippen LogP contribution is 2.25. The van der Waals surface area contributed by atoms with E-state index in [0.717, 1.165) is 16.9 Å². The van der Waals surface area contributed by atoms with Gasteiger partial charge in [0.1, 0.15) is 5.75 Å². The van der Waals surface area contributed by atoms with Crippen LogP contribution in [0.25, 0.3) is 0 Å². The average molecular weight is 265 g/mol. The van der Waals surface area contributed by atoms with E-state index in [9.17, 15) is 9.59 Å². The number of rotatable bonds is 7. The van der Waals surface area contributed by atoms with E-state index in [4.69, 9.17) is 15.6 Å². The number of carboxylic acids is 1. The molecule has 0 aliphatic heterocycles. The molecular formula is C14H19NO4. The van der Waals surface area contributed by atoms with E-state index in [1.54, 1.807) is 12.1 Å². The van der Waals surface area contributed by atoms with Crippen molar-refractivity contribution >= 4 is 11.9 Å². The molecule has 1 aromatic carbocycles. The smallest absolute Gasteiger partial charge is 0.303 e. The minimum atomic E-state index is -0.793. The molecule has 104 valence electrons. The molecule has 0 aromatic heterocycles. The van der Waals surface area contributed by atoms with Gasteiger partial charge in [0.25, 0.3) is 0 Å². The molecule has 0 bridgehead atoms. The van der Waals surface area contributed by atoms with Crippen molar-refractivity contribution in [2.24, 2.45) is 5.73 Å². The molecule has 0 heterocycles. The van der Waals surface area contributed by atoms with Gasteiger partial charge >= 0.3 is 5.97 Å². The van der Waals surface area contributed by atoms with Gasteiger partial charge in [0.2, 0.25) is 5.91 Å². The zero-order valence-corrected chi connectivity index (χ0v) is 11.2. The fraction of sp³-hybridized carbons (Fsp3) is 0.429. The lowest BCUT2D eigenvalue weighted by atomic mass is 10.1. The highest BCUT2D eigenvalue weighted by molar-refractivity contribution is 5.93. The number of unbranched alkanes of at least 4 members (excludes halogenated alkanes) is 1.